The van der Waals surface area contributed by atoms with Gasteiger partial charge in [0.05, 0.1) is 6.21 Å². The van der Waals surface area contributed by atoms with Crippen molar-refractivity contribution >= 4 is 12.2 Å². The van der Waals surface area contributed by atoms with Crippen molar-refractivity contribution in [2.45, 2.75) is 90.4 Å². The van der Waals surface area contributed by atoms with E-state index in [1.165, 1.54) is 57.2 Å². The molecular formula is C24H35F2NO2. The van der Waals surface area contributed by atoms with Crippen LogP contribution in [0.2, 0.25) is 0 Å². The van der Waals surface area contributed by atoms with Gasteiger partial charge in [-0.1, -0.05) is 75.2 Å². The SMILES string of the molecule is CCCCCCCC/C=C\CCCCCCC(=O)O/N=C/c1ccc(F)c(F)c1. The lowest BCUT2D eigenvalue weighted by Gasteiger charge is -2.00. The van der Waals surface area contributed by atoms with Crippen molar-refractivity contribution in [3.05, 3.63) is 47.5 Å². The number of carbonyl (C=O) groups excluding carboxylic acids is 1. The number of nitrogens with zero attached hydrogens (tertiary/aromatic N) is 1. The summed E-state index contributed by atoms with van der Waals surface area (Å²) in [5.41, 5.74) is 0.334. The molecule has 0 amide bonds. The second kappa shape index (κ2) is 16.9. The predicted octanol–water partition coefficient (Wildman–Crippen LogP) is 7.49. The van der Waals surface area contributed by atoms with Gasteiger partial charge in [-0.05, 0) is 49.8 Å². The van der Waals surface area contributed by atoms with Crippen LogP contribution in [0, 0.1) is 11.6 Å². The standard InChI is InChI=1S/C24H35F2NO2/c1-2-3-4-5-6-7-8-9-10-11-12-13-14-15-16-24(28)29-27-20-21-17-18-22(25)23(26)19-21/h9-10,17-20H,2-8,11-16H2,1H3/b10-9-,27-20+. The van der Waals surface area contributed by atoms with Crippen molar-refractivity contribution in [3.8, 4) is 0 Å². The molecule has 0 heterocycles. The van der Waals surface area contributed by atoms with E-state index in [-0.39, 0.29) is 0 Å². The Morgan fingerprint density at radius 2 is 1.52 bits per heavy atom. The van der Waals surface area contributed by atoms with Crippen LogP contribution in [0.25, 0.3) is 0 Å². The second-order valence-electron chi connectivity index (χ2n) is 7.35. The van der Waals surface area contributed by atoms with Crippen LogP contribution in [0.1, 0.15) is 96.0 Å². The van der Waals surface area contributed by atoms with Crippen LogP contribution in [0.5, 0.6) is 0 Å². The molecule has 0 N–H and O–H groups in total. The summed E-state index contributed by atoms with van der Waals surface area (Å²) in [5, 5.41) is 3.52. The highest BCUT2D eigenvalue weighted by atomic mass is 19.2. The minimum Gasteiger partial charge on any atom is -0.318 e. The van der Waals surface area contributed by atoms with E-state index in [0.29, 0.717) is 12.0 Å². The van der Waals surface area contributed by atoms with Crippen LogP contribution in [-0.4, -0.2) is 12.2 Å². The second-order valence-corrected chi connectivity index (χ2v) is 7.35. The van der Waals surface area contributed by atoms with Crippen LogP contribution in [0.4, 0.5) is 8.78 Å². The Bertz CT molecular complexity index is 629. The fourth-order valence-corrected chi connectivity index (χ4v) is 2.95. The summed E-state index contributed by atoms with van der Waals surface area (Å²) < 4.78 is 25.8. The predicted molar refractivity (Wildman–Crippen MR) is 115 cm³/mol. The highest BCUT2D eigenvalue weighted by molar-refractivity contribution is 5.80. The third kappa shape index (κ3) is 13.7. The highest BCUT2D eigenvalue weighted by Crippen LogP contribution is 2.10. The molecule has 162 valence electrons. The van der Waals surface area contributed by atoms with Gasteiger partial charge in [0.15, 0.2) is 11.6 Å². The van der Waals surface area contributed by atoms with Gasteiger partial charge in [0.25, 0.3) is 0 Å². The van der Waals surface area contributed by atoms with E-state index >= 15 is 0 Å². The maximum Gasteiger partial charge on any atom is 0.335 e. The number of carbonyl (C=O) groups is 1. The summed E-state index contributed by atoms with van der Waals surface area (Å²) in [6.07, 6.45) is 20.3. The quantitative estimate of drug-likeness (QED) is 0.0936. The van der Waals surface area contributed by atoms with E-state index < -0.39 is 17.6 Å². The third-order valence-electron chi connectivity index (χ3n) is 4.69. The number of oxime groups is 1. The molecule has 0 saturated heterocycles. The summed E-state index contributed by atoms with van der Waals surface area (Å²) in [4.78, 5) is 16.3. The molecule has 0 spiro atoms. The van der Waals surface area contributed by atoms with E-state index in [4.69, 9.17) is 4.84 Å². The van der Waals surface area contributed by atoms with E-state index in [2.05, 4.69) is 24.2 Å². The van der Waals surface area contributed by atoms with Gasteiger partial charge >= 0.3 is 5.97 Å². The van der Waals surface area contributed by atoms with E-state index in [1.54, 1.807) is 0 Å². The molecule has 0 radical (unpaired) electrons. The van der Waals surface area contributed by atoms with E-state index in [1.807, 2.05) is 0 Å². The van der Waals surface area contributed by atoms with Gasteiger partial charge in [0.2, 0.25) is 0 Å². The summed E-state index contributed by atoms with van der Waals surface area (Å²) in [6.45, 7) is 2.24. The molecule has 0 bridgehead atoms. The maximum absolute atomic E-state index is 13.0. The number of benzene rings is 1. The third-order valence-corrected chi connectivity index (χ3v) is 4.69. The number of hydrogen-bond acceptors (Lipinski definition) is 3. The average molecular weight is 408 g/mol. The summed E-state index contributed by atoms with van der Waals surface area (Å²) >= 11 is 0. The van der Waals surface area contributed by atoms with Crippen molar-refractivity contribution in [1.29, 1.82) is 0 Å². The van der Waals surface area contributed by atoms with Crippen molar-refractivity contribution in [3.63, 3.8) is 0 Å². The molecule has 1 rings (SSSR count). The molecule has 0 atom stereocenters. The Hall–Kier alpha value is -2.04. The maximum atomic E-state index is 13.0. The topological polar surface area (TPSA) is 38.7 Å². The first-order valence-electron chi connectivity index (χ1n) is 11.0. The van der Waals surface area contributed by atoms with Gasteiger partial charge in [-0.2, -0.15) is 0 Å². The Morgan fingerprint density at radius 3 is 2.17 bits per heavy atom. The number of halogens is 2. The zero-order valence-corrected chi connectivity index (χ0v) is 17.7. The van der Waals surface area contributed by atoms with Crippen molar-refractivity contribution in [2.24, 2.45) is 5.16 Å². The summed E-state index contributed by atoms with van der Waals surface area (Å²) in [5.74, 6) is -2.30. The van der Waals surface area contributed by atoms with Crippen LogP contribution >= 0.6 is 0 Å². The molecule has 0 aromatic heterocycles. The molecule has 5 heteroatoms. The number of unbranched alkanes of at least 4 members (excludes halogenated alkanes) is 10. The molecule has 1 aromatic carbocycles. The summed E-state index contributed by atoms with van der Waals surface area (Å²) in [7, 11) is 0. The first-order chi connectivity index (χ1) is 14.1. The van der Waals surface area contributed by atoms with Gasteiger partial charge in [0, 0.05) is 6.42 Å². The van der Waals surface area contributed by atoms with Crippen LogP contribution in [0.15, 0.2) is 35.5 Å². The molecule has 0 unspecified atom stereocenters. The number of allylic oxidation sites excluding steroid dienone is 2. The molecule has 0 aliphatic carbocycles. The molecule has 1 aromatic rings. The van der Waals surface area contributed by atoms with Crippen LogP contribution < -0.4 is 0 Å². The summed E-state index contributed by atoms with van der Waals surface area (Å²) in [6, 6.07) is 3.36. The van der Waals surface area contributed by atoms with Crippen LogP contribution in [-0.2, 0) is 9.63 Å². The largest absolute Gasteiger partial charge is 0.335 e. The van der Waals surface area contributed by atoms with Gasteiger partial charge in [-0.15, -0.1) is 0 Å². The van der Waals surface area contributed by atoms with Crippen molar-refractivity contribution in [1.82, 2.24) is 0 Å². The number of hydrogen-bond donors (Lipinski definition) is 0. The van der Waals surface area contributed by atoms with Crippen molar-refractivity contribution in [2.75, 3.05) is 0 Å². The molecule has 0 aliphatic rings. The Kier molecular flexibility index (Phi) is 14.5. The van der Waals surface area contributed by atoms with E-state index in [9.17, 15) is 13.6 Å². The van der Waals surface area contributed by atoms with Gasteiger partial charge in [0.1, 0.15) is 0 Å². The van der Waals surface area contributed by atoms with Gasteiger partial charge < -0.3 is 4.84 Å². The zero-order valence-electron chi connectivity index (χ0n) is 17.7. The smallest absolute Gasteiger partial charge is 0.318 e. The molecule has 0 fully saturated rings. The van der Waals surface area contributed by atoms with E-state index in [0.717, 1.165) is 44.2 Å². The minimum atomic E-state index is -0.961. The molecule has 0 saturated carbocycles. The Labute approximate surface area is 174 Å². The Balaban J connectivity index is 1.95. The zero-order chi connectivity index (χ0) is 21.2. The van der Waals surface area contributed by atoms with Gasteiger partial charge in [-0.3, -0.25) is 0 Å². The molecule has 3 nitrogen and oxygen atoms in total. The fourth-order valence-electron chi connectivity index (χ4n) is 2.95. The normalized spacial score (nSPS) is 11.6. The van der Waals surface area contributed by atoms with Gasteiger partial charge in [-0.25, -0.2) is 13.6 Å². The lowest BCUT2D eigenvalue weighted by Crippen LogP contribution is -2.00. The van der Waals surface area contributed by atoms with Crippen molar-refractivity contribution < 1.29 is 18.4 Å². The minimum absolute atomic E-state index is 0.309. The Morgan fingerprint density at radius 1 is 0.897 bits per heavy atom. The molecule has 29 heavy (non-hydrogen) atoms. The monoisotopic (exact) mass is 407 g/mol. The first kappa shape index (κ1) is 25.0. The fraction of sp³-hybridized carbons (Fsp3) is 0.583. The highest BCUT2D eigenvalue weighted by Gasteiger charge is 2.03. The average Bonchev–Trinajstić information content (AvgIpc) is 2.71. The molecule has 0 aliphatic heterocycles. The lowest BCUT2D eigenvalue weighted by atomic mass is 10.1. The van der Waals surface area contributed by atoms with Crippen LogP contribution in [0.3, 0.4) is 0 Å². The first-order valence-corrected chi connectivity index (χ1v) is 11.0. The molecular weight excluding hydrogens is 372 g/mol. The number of rotatable bonds is 16. The lowest BCUT2D eigenvalue weighted by molar-refractivity contribution is -0.143.